The molecule has 1 N–H and O–H groups in total. The molecule has 1 aliphatic heterocycles. The van der Waals surface area contributed by atoms with Crippen molar-refractivity contribution in [1.82, 2.24) is 9.55 Å². The van der Waals surface area contributed by atoms with Crippen molar-refractivity contribution in [3.8, 4) is 0 Å². The summed E-state index contributed by atoms with van der Waals surface area (Å²) in [7, 11) is 2.00. The number of thioether (sulfide) groups is 2. The number of imidazole rings is 1. The Morgan fingerprint density at radius 2 is 2.28 bits per heavy atom. The van der Waals surface area contributed by atoms with Gasteiger partial charge in [-0.25, -0.2) is 4.98 Å². The van der Waals surface area contributed by atoms with Gasteiger partial charge in [-0.2, -0.15) is 23.5 Å². The fourth-order valence-electron chi connectivity index (χ4n) is 2.11. The molecule has 4 unspecified atom stereocenters. The van der Waals surface area contributed by atoms with Crippen LogP contribution < -0.4 is 0 Å². The molecule has 0 bridgehead atoms. The summed E-state index contributed by atoms with van der Waals surface area (Å²) in [5.41, 5.74) is 0. The van der Waals surface area contributed by atoms with Crippen LogP contribution in [0.5, 0.6) is 0 Å². The zero-order valence-corrected chi connectivity index (χ0v) is 12.9. The topological polar surface area (TPSA) is 38.1 Å². The van der Waals surface area contributed by atoms with Crippen LogP contribution in [0, 0.1) is 0 Å². The third kappa shape index (κ3) is 3.45. The van der Waals surface area contributed by atoms with Gasteiger partial charge in [0, 0.05) is 47.4 Å². The van der Waals surface area contributed by atoms with Crippen LogP contribution in [0.2, 0.25) is 0 Å². The highest BCUT2D eigenvalue weighted by molar-refractivity contribution is 8.07. The molecule has 0 aliphatic carbocycles. The molecular formula is C13H22N2OS2. The van der Waals surface area contributed by atoms with E-state index in [1.54, 1.807) is 0 Å². The van der Waals surface area contributed by atoms with Crippen molar-refractivity contribution in [3.63, 3.8) is 0 Å². The van der Waals surface area contributed by atoms with Crippen molar-refractivity contribution < 1.29 is 5.11 Å². The number of nitrogens with zero attached hydrogens (tertiary/aromatic N) is 2. The molecule has 1 aromatic heterocycles. The van der Waals surface area contributed by atoms with Gasteiger partial charge >= 0.3 is 0 Å². The van der Waals surface area contributed by atoms with Crippen LogP contribution in [0.4, 0.5) is 0 Å². The number of rotatable bonds is 4. The van der Waals surface area contributed by atoms with Gasteiger partial charge in [-0.05, 0) is 6.42 Å². The number of aliphatic hydroxyl groups is 1. The lowest BCUT2D eigenvalue weighted by atomic mass is 10.1. The Bertz CT molecular complexity index is 383. The van der Waals surface area contributed by atoms with Gasteiger partial charge in [-0.3, -0.25) is 0 Å². The zero-order valence-electron chi connectivity index (χ0n) is 11.2. The summed E-state index contributed by atoms with van der Waals surface area (Å²) >= 11 is 3.93. The van der Waals surface area contributed by atoms with E-state index in [9.17, 15) is 5.11 Å². The van der Waals surface area contributed by atoms with E-state index in [4.69, 9.17) is 0 Å². The maximum Gasteiger partial charge on any atom is 0.108 e. The molecule has 0 amide bonds. The molecule has 2 rings (SSSR count). The lowest BCUT2D eigenvalue weighted by Gasteiger charge is -2.33. The summed E-state index contributed by atoms with van der Waals surface area (Å²) in [4.78, 5) is 4.30. The predicted molar refractivity (Wildman–Crippen MR) is 80.3 cm³/mol. The van der Waals surface area contributed by atoms with Gasteiger partial charge in [0.05, 0.1) is 6.10 Å². The van der Waals surface area contributed by atoms with E-state index >= 15 is 0 Å². The Hall–Kier alpha value is -0.130. The molecule has 3 nitrogen and oxygen atoms in total. The van der Waals surface area contributed by atoms with Crippen molar-refractivity contribution in [3.05, 3.63) is 18.2 Å². The molecule has 1 saturated heterocycles. The number of aryl methyl sites for hydroxylation is 2. The largest absolute Gasteiger partial charge is 0.392 e. The molecule has 1 fully saturated rings. The molecule has 1 aliphatic rings. The molecule has 2 heterocycles. The van der Waals surface area contributed by atoms with Crippen molar-refractivity contribution in [1.29, 1.82) is 0 Å². The summed E-state index contributed by atoms with van der Waals surface area (Å²) < 4.78 is 2.03. The van der Waals surface area contributed by atoms with E-state index in [0.29, 0.717) is 15.7 Å². The Morgan fingerprint density at radius 3 is 2.89 bits per heavy atom. The zero-order chi connectivity index (χ0) is 13.1. The van der Waals surface area contributed by atoms with Crippen molar-refractivity contribution >= 4 is 23.5 Å². The quantitative estimate of drug-likeness (QED) is 0.922. The van der Waals surface area contributed by atoms with Gasteiger partial charge in [-0.1, -0.05) is 13.8 Å². The van der Waals surface area contributed by atoms with E-state index in [1.807, 2.05) is 47.5 Å². The summed E-state index contributed by atoms with van der Waals surface area (Å²) in [6.45, 7) is 4.54. The van der Waals surface area contributed by atoms with Crippen LogP contribution in [0.15, 0.2) is 12.4 Å². The second-order valence-electron chi connectivity index (χ2n) is 4.98. The molecule has 0 aromatic carbocycles. The minimum Gasteiger partial charge on any atom is -0.392 e. The lowest BCUT2D eigenvalue weighted by molar-refractivity contribution is 0.166. The number of hydrogen-bond donors (Lipinski definition) is 1. The standard InChI is InChI=1S/C13H22N2OS2/c1-9-10(2)18-12(8-17-9)11(16)4-5-13-14-6-7-15(13)3/h6-7,9-12,16H,4-5,8H2,1-3H3. The van der Waals surface area contributed by atoms with Crippen molar-refractivity contribution in [2.24, 2.45) is 7.05 Å². The molecule has 5 heteroatoms. The van der Waals surface area contributed by atoms with E-state index in [0.717, 1.165) is 24.4 Å². The molecular weight excluding hydrogens is 264 g/mol. The van der Waals surface area contributed by atoms with E-state index in [-0.39, 0.29) is 6.10 Å². The first kappa shape index (κ1) is 14.3. The fourth-order valence-corrected chi connectivity index (χ4v) is 5.16. The van der Waals surface area contributed by atoms with Crippen LogP contribution in [0.1, 0.15) is 26.1 Å². The molecule has 0 radical (unpaired) electrons. The highest BCUT2D eigenvalue weighted by atomic mass is 32.2. The Labute approximate surface area is 118 Å². The first-order chi connectivity index (χ1) is 8.58. The molecule has 0 spiro atoms. The second kappa shape index (κ2) is 6.35. The highest BCUT2D eigenvalue weighted by Gasteiger charge is 2.30. The fraction of sp³-hybridized carbons (Fsp3) is 0.769. The minimum absolute atomic E-state index is 0.214. The number of aliphatic hydroxyl groups excluding tert-OH is 1. The van der Waals surface area contributed by atoms with E-state index in [1.165, 1.54) is 0 Å². The number of aromatic nitrogens is 2. The van der Waals surface area contributed by atoms with Gasteiger partial charge in [0.15, 0.2) is 0 Å². The molecule has 4 atom stereocenters. The maximum atomic E-state index is 10.3. The third-order valence-electron chi connectivity index (χ3n) is 3.59. The molecule has 18 heavy (non-hydrogen) atoms. The molecule has 0 saturated carbocycles. The average Bonchev–Trinajstić information content (AvgIpc) is 2.75. The monoisotopic (exact) mass is 286 g/mol. The van der Waals surface area contributed by atoms with Gasteiger partial charge in [0.25, 0.3) is 0 Å². The summed E-state index contributed by atoms with van der Waals surface area (Å²) in [5.74, 6) is 2.13. The molecule has 102 valence electrons. The van der Waals surface area contributed by atoms with Crippen LogP contribution in [-0.2, 0) is 13.5 Å². The van der Waals surface area contributed by atoms with Crippen LogP contribution in [-0.4, -0.2) is 42.3 Å². The Morgan fingerprint density at radius 1 is 1.50 bits per heavy atom. The van der Waals surface area contributed by atoms with E-state index < -0.39 is 0 Å². The van der Waals surface area contributed by atoms with Crippen LogP contribution in [0.3, 0.4) is 0 Å². The second-order valence-corrected chi connectivity index (χ2v) is 8.01. The summed E-state index contributed by atoms with van der Waals surface area (Å²) in [6.07, 6.45) is 5.22. The van der Waals surface area contributed by atoms with Gasteiger partial charge < -0.3 is 9.67 Å². The van der Waals surface area contributed by atoms with Crippen LogP contribution >= 0.6 is 23.5 Å². The summed E-state index contributed by atoms with van der Waals surface area (Å²) in [6, 6.07) is 0. The first-order valence-electron chi connectivity index (χ1n) is 6.49. The lowest BCUT2D eigenvalue weighted by Crippen LogP contribution is -2.34. The predicted octanol–water partition coefficient (Wildman–Crippen LogP) is 2.34. The minimum atomic E-state index is -0.214. The molecule has 1 aromatic rings. The highest BCUT2D eigenvalue weighted by Crippen LogP contribution is 2.37. The number of hydrogen-bond acceptors (Lipinski definition) is 4. The van der Waals surface area contributed by atoms with Gasteiger partial charge in [-0.15, -0.1) is 0 Å². The third-order valence-corrected chi connectivity index (χ3v) is 7.12. The Kier molecular flexibility index (Phi) is 5.04. The SMILES string of the molecule is CC1SCC(C(O)CCc2nccn2C)SC1C. The average molecular weight is 286 g/mol. The first-order valence-corrected chi connectivity index (χ1v) is 8.48. The van der Waals surface area contributed by atoms with Gasteiger partial charge in [0.1, 0.15) is 5.82 Å². The normalized spacial score (nSPS) is 30.3. The summed E-state index contributed by atoms with van der Waals surface area (Å²) in [5, 5.41) is 12.0. The van der Waals surface area contributed by atoms with Gasteiger partial charge in [0.2, 0.25) is 0 Å². The maximum absolute atomic E-state index is 10.3. The van der Waals surface area contributed by atoms with Crippen molar-refractivity contribution in [2.45, 2.75) is 48.5 Å². The van der Waals surface area contributed by atoms with E-state index in [2.05, 4.69) is 18.8 Å². The van der Waals surface area contributed by atoms with Crippen molar-refractivity contribution in [2.75, 3.05) is 5.75 Å². The van der Waals surface area contributed by atoms with Crippen LogP contribution in [0.25, 0.3) is 0 Å². The Balaban J connectivity index is 1.81. The smallest absolute Gasteiger partial charge is 0.108 e.